The zero-order chi connectivity index (χ0) is 21.4. The molecule has 4 aromatic rings. The maximum absolute atomic E-state index is 14.3. The van der Waals surface area contributed by atoms with Gasteiger partial charge in [0.25, 0.3) is 0 Å². The van der Waals surface area contributed by atoms with Crippen LogP contribution in [0.1, 0.15) is 16.8 Å². The van der Waals surface area contributed by atoms with Crippen molar-refractivity contribution in [3.8, 4) is 5.69 Å². The summed E-state index contributed by atoms with van der Waals surface area (Å²) < 4.78 is 16.5. The average Bonchev–Trinajstić information content (AvgIpc) is 3.11. The lowest BCUT2D eigenvalue weighted by molar-refractivity contribution is 0.588. The smallest absolute Gasteiger partial charge is 0.248 e. The van der Waals surface area contributed by atoms with Crippen LogP contribution in [-0.4, -0.2) is 35.7 Å². The van der Waals surface area contributed by atoms with Crippen LogP contribution in [0.15, 0.2) is 65.6 Å². The van der Waals surface area contributed by atoms with Crippen LogP contribution in [-0.2, 0) is 6.42 Å². The first-order valence-corrected chi connectivity index (χ1v) is 10.6. The molecule has 6 heteroatoms. The van der Waals surface area contributed by atoms with Crippen LogP contribution in [0.5, 0.6) is 0 Å². The van der Waals surface area contributed by atoms with E-state index < -0.39 is 0 Å². The van der Waals surface area contributed by atoms with E-state index in [9.17, 15) is 9.18 Å². The molecule has 5 rings (SSSR count). The number of anilines is 1. The lowest BCUT2D eigenvalue weighted by atomic mass is 10.0. The summed E-state index contributed by atoms with van der Waals surface area (Å²) in [6.07, 6.45) is 2.36. The molecular weight excluding hydrogens is 391 g/mol. The van der Waals surface area contributed by atoms with Crippen molar-refractivity contribution in [2.75, 3.05) is 31.1 Å². The molecule has 0 aliphatic carbocycles. The zero-order valence-electron chi connectivity index (χ0n) is 17.5. The summed E-state index contributed by atoms with van der Waals surface area (Å²) in [5.74, 6) is -0.196. The molecule has 158 valence electrons. The number of hydrogen-bond acceptors (Lipinski definition) is 3. The molecule has 1 saturated heterocycles. The lowest BCUT2D eigenvalue weighted by Gasteiger charge is -2.30. The molecule has 0 amide bonds. The van der Waals surface area contributed by atoms with Gasteiger partial charge in [-0.15, -0.1) is 0 Å². The van der Waals surface area contributed by atoms with E-state index in [0.29, 0.717) is 12.0 Å². The lowest BCUT2D eigenvalue weighted by Crippen LogP contribution is -2.43. The highest BCUT2D eigenvalue weighted by atomic mass is 19.1. The number of aromatic amines is 1. The largest absolute Gasteiger partial charge is 0.367 e. The Kier molecular flexibility index (Phi) is 5.08. The summed E-state index contributed by atoms with van der Waals surface area (Å²) in [5, 5.41) is 4.33. The van der Waals surface area contributed by atoms with Gasteiger partial charge in [0.2, 0.25) is 5.56 Å². The number of rotatable bonds is 4. The minimum atomic E-state index is -0.196. The number of nitrogens with one attached hydrogen (secondary N) is 2. The normalized spacial score (nSPS) is 14.3. The van der Waals surface area contributed by atoms with Crippen LogP contribution in [0.2, 0.25) is 0 Å². The van der Waals surface area contributed by atoms with E-state index in [2.05, 4.69) is 31.9 Å². The van der Waals surface area contributed by atoms with Gasteiger partial charge in [0.05, 0.1) is 16.9 Å². The molecule has 2 aromatic carbocycles. The van der Waals surface area contributed by atoms with Gasteiger partial charge in [0.1, 0.15) is 5.82 Å². The first kappa shape index (κ1) is 19.6. The van der Waals surface area contributed by atoms with Crippen molar-refractivity contribution in [3.63, 3.8) is 0 Å². The minimum Gasteiger partial charge on any atom is -0.367 e. The van der Waals surface area contributed by atoms with Gasteiger partial charge in [-0.2, -0.15) is 0 Å². The van der Waals surface area contributed by atoms with Crippen molar-refractivity contribution in [2.45, 2.75) is 13.3 Å². The fourth-order valence-electron chi connectivity index (χ4n) is 4.55. The number of benzene rings is 2. The molecular formula is C25H25FN4O. The first-order valence-electron chi connectivity index (χ1n) is 10.6. The van der Waals surface area contributed by atoms with Gasteiger partial charge in [0, 0.05) is 55.9 Å². The van der Waals surface area contributed by atoms with Crippen LogP contribution in [0.25, 0.3) is 16.6 Å². The fraction of sp³-hybridized carbons (Fsp3) is 0.240. The average molecular weight is 417 g/mol. The molecule has 0 atom stereocenters. The molecule has 0 bridgehead atoms. The Balaban J connectivity index is 1.81. The highest BCUT2D eigenvalue weighted by molar-refractivity contribution is 5.96. The van der Waals surface area contributed by atoms with Crippen molar-refractivity contribution in [2.24, 2.45) is 0 Å². The Labute approximate surface area is 180 Å². The maximum atomic E-state index is 14.3. The summed E-state index contributed by atoms with van der Waals surface area (Å²) in [5.41, 5.74) is 5.58. The van der Waals surface area contributed by atoms with Gasteiger partial charge in [0.15, 0.2) is 0 Å². The zero-order valence-corrected chi connectivity index (χ0v) is 17.5. The highest BCUT2D eigenvalue weighted by Crippen LogP contribution is 2.37. The number of hydrogen-bond donors (Lipinski definition) is 2. The number of fused-ring (bicyclic) bond motifs is 1. The van der Waals surface area contributed by atoms with Gasteiger partial charge in [-0.05, 0) is 36.2 Å². The van der Waals surface area contributed by atoms with E-state index in [1.54, 1.807) is 18.3 Å². The summed E-state index contributed by atoms with van der Waals surface area (Å²) in [6, 6.07) is 17.1. The summed E-state index contributed by atoms with van der Waals surface area (Å²) in [7, 11) is 0. The molecule has 1 fully saturated rings. The predicted octanol–water partition coefficient (Wildman–Crippen LogP) is 3.77. The first-order chi connectivity index (χ1) is 15.1. The van der Waals surface area contributed by atoms with Crippen LogP contribution >= 0.6 is 0 Å². The topological polar surface area (TPSA) is 53.1 Å². The molecule has 31 heavy (non-hydrogen) atoms. The van der Waals surface area contributed by atoms with Crippen LogP contribution < -0.4 is 15.8 Å². The van der Waals surface area contributed by atoms with Gasteiger partial charge < -0.3 is 19.8 Å². The summed E-state index contributed by atoms with van der Waals surface area (Å²) in [4.78, 5) is 17.5. The van der Waals surface area contributed by atoms with E-state index in [0.717, 1.165) is 59.7 Å². The number of H-pyrrole nitrogens is 1. The van der Waals surface area contributed by atoms with Crippen LogP contribution in [0.3, 0.4) is 0 Å². The standard InChI is InChI=1S/C25H25FN4O/c1-17-18(6-5-9-21(17)26)14-22-25(29-12-10-27-11-13-29)20-15-24(31)28-16-23(20)30(22)19-7-3-2-4-8-19/h2-9,15-16,27H,10-14H2,1H3,(H,28,31). The van der Waals surface area contributed by atoms with Crippen molar-refractivity contribution in [1.29, 1.82) is 0 Å². The Bertz CT molecular complexity index is 1290. The second kappa shape index (κ2) is 8.04. The predicted molar refractivity (Wildman–Crippen MR) is 123 cm³/mol. The Morgan fingerprint density at radius 1 is 1.03 bits per heavy atom. The molecule has 1 aliphatic rings. The Morgan fingerprint density at radius 3 is 2.58 bits per heavy atom. The van der Waals surface area contributed by atoms with Crippen molar-refractivity contribution in [3.05, 3.63) is 93.8 Å². The van der Waals surface area contributed by atoms with Gasteiger partial charge >= 0.3 is 0 Å². The molecule has 1 aliphatic heterocycles. The Morgan fingerprint density at radius 2 is 1.81 bits per heavy atom. The number of para-hydroxylation sites is 1. The van der Waals surface area contributed by atoms with E-state index in [-0.39, 0.29) is 11.4 Å². The van der Waals surface area contributed by atoms with E-state index in [1.807, 2.05) is 31.2 Å². The highest BCUT2D eigenvalue weighted by Gasteiger charge is 2.25. The monoisotopic (exact) mass is 416 g/mol. The summed E-state index contributed by atoms with van der Waals surface area (Å²) in [6.45, 7) is 5.32. The van der Waals surface area contributed by atoms with E-state index in [1.165, 1.54) is 6.07 Å². The number of halogens is 1. The SMILES string of the molecule is Cc1c(F)cccc1Cc1c(N2CCNCC2)c2cc(=O)[nH]cc2n1-c1ccccc1. The second-order valence-corrected chi connectivity index (χ2v) is 8.00. The minimum absolute atomic E-state index is 0.123. The molecule has 2 N–H and O–H groups in total. The van der Waals surface area contributed by atoms with Gasteiger partial charge in [-0.1, -0.05) is 30.3 Å². The molecule has 5 nitrogen and oxygen atoms in total. The van der Waals surface area contributed by atoms with Crippen molar-refractivity contribution in [1.82, 2.24) is 14.9 Å². The number of aromatic nitrogens is 2. The summed E-state index contributed by atoms with van der Waals surface area (Å²) >= 11 is 0. The molecule has 2 aromatic heterocycles. The number of piperazine rings is 1. The Hall–Kier alpha value is -3.38. The second-order valence-electron chi connectivity index (χ2n) is 8.00. The fourth-order valence-corrected chi connectivity index (χ4v) is 4.55. The third-order valence-electron chi connectivity index (χ3n) is 6.13. The van der Waals surface area contributed by atoms with Gasteiger partial charge in [-0.3, -0.25) is 4.79 Å². The van der Waals surface area contributed by atoms with Crippen LogP contribution in [0, 0.1) is 12.7 Å². The molecule has 0 unspecified atom stereocenters. The molecule has 0 radical (unpaired) electrons. The third kappa shape index (κ3) is 3.53. The number of pyridine rings is 1. The van der Waals surface area contributed by atoms with Gasteiger partial charge in [-0.25, -0.2) is 4.39 Å². The van der Waals surface area contributed by atoms with Crippen LogP contribution in [0.4, 0.5) is 10.1 Å². The molecule has 3 heterocycles. The maximum Gasteiger partial charge on any atom is 0.248 e. The van der Waals surface area contributed by atoms with Crippen molar-refractivity contribution >= 4 is 16.6 Å². The van der Waals surface area contributed by atoms with Crippen molar-refractivity contribution < 1.29 is 4.39 Å². The quantitative estimate of drug-likeness (QED) is 0.533. The van der Waals surface area contributed by atoms with E-state index in [4.69, 9.17) is 0 Å². The molecule has 0 saturated carbocycles. The number of nitrogens with zero attached hydrogens (tertiary/aromatic N) is 2. The molecule has 0 spiro atoms. The third-order valence-corrected chi connectivity index (χ3v) is 6.13. The van der Waals surface area contributed by atoms with E-state index >= 15 is 0 Å².